The highest BCUT2D eigenvalue weighted by molar-refractivity contribution is 5.46. The second-order valence-corrected chi connectivity index (χ2v) is 17.2. The van der Waals surface area contributed by atoms with Crippen LogP contribution in [-0.4, -0.2) is 88.5 Å². The molecular formula is C31H57N10O3. The molecule has 0 saturated carbocycles. The molecule has 0 aliphatic carbocycles. The summed E-state index contributed by atoms with van der Waals surface area (Å²) in [6.45, 7) is 23.9. The summed E-state index contributed by atoms with van der Waals surface area (Å²) in [5, 5.41) is 47.1. The Bertz CT molecular complexity index is 1090. The molecule has 3 radical (unpaired) electrons. The monoisotopic (exact) mass is 617 g/mol. The first-order valence-corrected chi connectivity index (χ1v) is 16.1. The zero-order chi connectivity index (χ0) is 33.3. The minimum Gasteiger partial charge on any atom is -0.351 e. The molecule has 0 amide bonds. The van der Waals surface area contributed by atoms with E-state index in [0.717, 1.165) is 0 Å². The summed E-state index contributed by atoms with van der Waals surface area (Å²) >= 11 is 0. The van der Waals surface area contributed by atoms with Crippen LogP contribution in [0.25, 0.3) is 0 Å². The van der Waals surface area contributed by atoms with E-state index in [1.165, 1.54) is 15.2 Å². The van der Waals surface area contributed by atoms with E-state index in [-0.39, 0.29) is 18.1 Å². The van der Waals surface area contributed by atoms with Crippen LogP contribution in [0.5, 0.6) is 0 Å². The van der Waals surface area contributed by atoms with Gasteiger partial charge in [0.15, 0.2) is 0 Å². The molecule has 0 spiro atoms. The topological polar surface area (TPSA) is 147 Å². The number of rotatable bonds is 7. The van der Waals surface area contributed by atoms with E-state index in [9.17, 15) is 15.6 Å². The number of aromatic nitrogens is 3. The van der Waals surface area contributed by atoms with Gasteiger partial charge in [-0.25, -0.2) is 5.43 Å². The second-order valence-electron chi connectivity index (χ2n) is 17.2. The molecule has 249 valence electrons. The van der Waals surface area contributed by atoms with Crippen LogP contribution in [0, 0.1) is 0 Å². The van der Waals surface area contributed by atoms with Gasteiger partial charge in [-0.05, 0) is 122 Å². The van der Waals surface area contributed by atoms with Crippen LogP contribution in [0.4, 0.5) is 17.8 Å². The van der Waals surface area contributed by atoms with Gasteiger partial charge in [0, 0.05) is 58.4 Å². The van der Waals surface area contributed by atoms with Crippen LogP contribution in [0.3, 0.4) is 0 Å². The SMILES string of the molecule is CNNc1nc(NC2CC(C)(C)N([O])C(C)(C)C2)nc(N(C2CC(C)(C)N([O])C(C)(C)C2)C2CC(C)(C)N([O])C(C)(C)C2)n1. The van der Waals surface area contributed by atoms with Crippen molar-refractivity contribution in [3.05, 3.63) is 0 Å². The van der Waals surface area contributed by atoms with Gasteiger partial charge in [-0.2, -0.15) is 15.0 Å². The smallest absolute Gasteiger partial charge is 0.243 e. The Kier molecular flexibility index (Phi) is 9.09. The van der Waals surface area contributed by atoms with Gasteiger partial charge in [0.05, 0.1) is 0 Å². The zero-order valence-electron chi connectivity index (χ0n) is 29.3. The number of nitrogens with zero attached hydrogens (tertiary/aromatic N) is 7. The number of piperidine rings is 3. The van der Waals surface area contributed by atoms with E-state index in [0.29, 0.717) is 56.4 Å². The first-order valence-electron chi connectivity index (χ1n) is 16.1. The Morgan fingerprint density at radius 2 is 0.909 bits per heavy atom. The maximum absolute atomic E-state index is 13.4. The summed E-state index contributed by atoms with van der Waals surface area (Å²) in [6.07, 6.45) is 3.73. The van der Waals surface area contributed by atoms with Crippen molar-refractivity contribution in [3.8, 4) is 0 Å². The van der Waals surface area contributed by atoms with E-state index >= 15 is 0 Å². The number of anilines is 3. The van der Waals surface area contributed by atoms with Gasteiger partial charge in [0.2, 0.25) is 17.8 Å². The molecule has 0 atom stereocenters. The first kappa shape index (κ1) is 35.0. The third kappa shape index (κ3) is 6.79. The van der Waals surface area contributed by atoms with Crippen molar-refractivity contribution >= 4 is 17.8 Å². The fraction of sp³-hybridized carbons (Fsp3) is 0.903. The molecule has 3 fully saturated rings. The summed E-state index contributed by atoms with van der Waals surface area (Å²) in [7, 11) is 1.76. The van der Waals surface area contributed by atoms with E-state index < -0.39 is 33.2 Å². The molecule has 3 N–H and O–H groups in total. The lowest BCUT2D eigenvalue weighted by Gasteiger charge is -2.57. The molecule has 13 heteroatoms. The third-order valence-electron chi connectivity index (χ3n) is 9.94. The normalized spacial score (nSPS) is 27.6. The van der Waals surface area contributed by atoms with Crippen molar-refractivity contribution in [3.63, 3.8) is 0 Å². The zero-order valence-corrected chi connectivity index (χ0v) is 29.3. The predicted molar refractivity (Wildman–Crippen MR) is 170 cm³/mol. The van der Waals surface area contributed by atoms with Crippen LogP contribution in [-0.2, 0) is 15.6 Å². The van der Waals surface area contributed by atoms with Gasteiger partial charge in [-0.1, -0.05) is 0 Å². The number of hydrogen-bond donors (Lipinski definition) is 3. The van der Waals surface area contributed by atoms with Crippen LogP contribution in [0.2, 0.25) is 0 Å². The summed E-state index contributed by atoms with van der Waals surface area (Å²) in [6, 6.07) is -0.141. The highest BCUT2D eigenvalue weighted by Gasteiger charge is 2.53. The van der Waals surface area contributed by atoms with Gasteiger partial charge < -0.3 is 10.2 Å². The summed E-state index contributed by atoms with van der Waals surface area (Å²) in [4.78, 5) is 17.0. The first-order chi connectivity index (χ1) is 19.9. The molecule has 44 heavy (non-hydrogen) atoms. The molecule has 3 saturated heterocycles. The van der Waals surface area contributed by atoms with Crippen LogP contribution in [0.1, 0.15) is 122 Å². The molecule has 1 aromatic heterocycles. The lowest BCUT2D eigenvalue weighted by atomic mass is 9.75. The summed E-state index contributed by atoms with van der Waals surface area (Å²) in [5.74, 6) is 1.30. The van der Waals surface area contributed by atoms with Crippen LogP contribution >= 0.6 is 0 Å². The average molecular weight is 618 g/mol. The lowest BCUT2D eigenvalue weighted by Crippen LogP contribution is -2.67. The largest absolute Gasteiger partial charge is 0.351 e. The fourth-order valence-corrected chi connectivity index (χ4v) is 8.70. The molecule has 3 aliphatic heterocycles. The summed E-state index contributed by atoms with van der Waals surface area (Å²) < 4.78 is 0. The molecule has 4 heterocycles. The van der Waals surface area contributed by atoms with Crippen molar-refractivity contribution in [2.45, 2.75) is 173 Å². The Hall–Kier alpha value is -1.87. The third-order valence-corrected chi connectivity index (χ3v) is 9.94. The van der Waals surface area contributed by atoms with Crippen molar-refractivity contribution in [1.29, 1.82) is 0 Å². The maximum Gasteiger partial charge on any atom is 0.243 e. The molecule has 1 aromatic rings. The van der Waals surface area contributed by atoms with Crippen molar-refractivity contribution in [1.82, 2.24) is 35.6 Å². The average Bonchev–Trinajstić information content (AvgIpc) is 2.83. The number of hydrogen-bond acceptors (Lipinski definition) is 10. The van der Waals surface area contributed by atoms with Crippen molar-refractivity contribution in [2.24, 2.45) is 0 Å². The van der Waals surface area contributed by atoms with Crippen molar-refractivity contribution < 1.29 is 15.6 Å². The molecule has 3 aliphatic rings. The molecular weight excluding hydrogens is 560 g/mol. The highest BCUT2D eigenvalue weighted by atomic mass is 16.5. The Balaban J connectivity index is 1.81. The molecule has 13 nitrogen and oxygen atoms in total. The summed E-state index contributed by atoms with van der Waals surface area (Å²) in [5.41, 5.74) is 2.43. The predicted octanol–water partition coefficient (Wildman–Crippen LogP) is 4.74. The quantitative estimate of drug-likeness (QED) is 0.367. The molecule has 0 aromatic carbocycles. The van der Waals surface area contributed by atoms with E-state index in [1.807, 2.05) is 83.1 Å². The molecule has 4 rings (SSSR count). The van der Waals surface area contributed by atoms with E-state index in [1.54, 1.807) is 7.05 Å². The Morgan fingerprint density at radius 3 is 1.27 bits per heavy atom. The van der Waals surface area contributed by atoms with Gasteiger partial charge in [0.1, 0.15) is 0 Å². The maximum atomic E-state index is 13.4. The molecule has 0 bridgehead atoms. The Morgan fingerprint density at radius 1 is 0.568 bits per heavy atom. The van der Waals surface area contributed by atoms with Crippen molar-refractivity contribution in [2.75, 3.05) is 22.7 Å². The minimum absolute atomic E-state index is 0.0283. The van der Waals surface area contributed by atoms with E-state index in [4.69, 9.17) is 15.0 Å². The van der Waals surface area contributed by atoms with Crippen LogP contribution < -0.4 is 21.1 Å². The van der Waals surface area contributed by atoms with Crippen LogP contribution in [0.15, 0.2) is 0 Å². The number of nitrogens with one attached hydrogen (secondary N) is 3. The van der Waals surface area contributed by atoms with Gasteiger partial charge >= 0.3 is 0 Å². The van der Waals surface area contributed by atoms with Gasteiger partial charge in [-0.3, -0.25) is 5.43 Å². The number of hydrazine groups is 1. The molecule has 0 unspecified atom stereocenters. The Labute approximate surface area is 264 Å². The standard InChI is InChI=1S/C31H57N10O3/c1-26(2)14-20(15-27(3,4)39(26)42)33-23-34-24(37-32-13)36-25(35-23)38(21-16-28(5,6)40(43)29(7,8)17-21)22-18-30(9,10)41(44)31(11,12)19-22/h20-22,32H,14-19H2,1-13H3,(H2,33,34,35,36,37). The van der Waals surface area contributed by atoms with Gasteiger partial charge in [0.25, 0.3) is 0 Å². The van der Waals surface area contributed by atoms with Gasteiger partial charge in [-0.15, -0.1) is 30.8 Å². The highest BCUT2D eigenvalue weighted by Crippen LogP contribution is 2.45. The second kappa shape index (κ2) is 11.4. The minimum atomic E-state index is -0.613. The number of hydroxylamine groups is 6. The van der Waals surface area contributed by atoms with E-state index in [2.05, 4.69) is 21.1 Å². The lowest BCUT2D eigenvalue weighted by molar-refractivity contribution is -0.294. The fourth-order valence-electron chi connectivity index (χ4n) is 8.70.